The van der Waals surface area contributed by atoms with Crippen LogP contribution in [0, 0.1) is 0 Å². The SMILES string of the molecule is COc1cc(Cl)cc(CN2CCCC2(C)C)c1O. The van der Waals surface area contributed by atoms with Gasteiger partial charge in [0.1, 0.15) is 0 Å². The van der Waals surface area contributed by atoms with Gasteiger partial charge in [-0.1, -0.05) is 11.6 Å². The van der Waals surface area contributed by atoms with Crippen LogP contribution in [-0.4, -0.2) is 29.2 Å². The van der Waals surface area contributed by atoms with Crippen LogP contribution in [-0.2, 0) is 6.54 Å². The molecule has 1 fully saturated rings. The van der Waals surface area contributed by atoms with Gasteiger partial charge in [-0.25, -0.2) is 0 Å². The lowest BCUT2D eigenvalue weighted by molar-refractivity contribution is 0.164. The Kier molecular flexibility index (Phi) is 3.74. The van der Waals surface area contributed by atoms with E-state index in [9.17, 15) is 5.11 Å². The molecule has 1 heterocycles. The second-order valence-electron chi connectivity index (χ2n) is 5.45. The van der Waals surface area contributed by atoms with Crippen molar-refractivity contribution >= 4 is 11.6 Å². The van der Waals surface area contributed by atoms with E-state index in [-0.39, 0.29) is 11.3 Å². The van der Waals surface area contributed by atoms with Gasteiger partial charge in [0, 0.05) is 28.7 Å². The molecule has 0 aliphatic carbocycles. The molecule has 4 heteroatoms. The molecule has 0 unspecified atom stereocenters. The summed E-state index contributed by atoms with van der Waals surface area (Å²) in [5, 5.41) is 10.7. The van der Waals surface area contributed by atoms with Gasteiger partial charge in [-0.15, -0.1) is 0 Å². The fourth-order valence-corrected chi connectivity index (χ4v) is 2.80. The Morgan fingerprint density at radius 1 is 1.44 bits per heavy atom. The number of methoxy groups -OCH3 is 1. The van der Waals surface area contributed by atoms with E-state index in [1.807, 2.05) is 6.07 Å². The van der Waals surface area contributed by atoms with Crippen LogP contribution in [0.25, 0.3) is 0 Å². The molecule has 0 spiro atoms. The Balaban J connectivity index is 2.26. The van der Waals surface area contributed by atoms with Crippen molar-refractivity contribution in [2.45, 2.75) is 38.8 Å². The molecule has 1 aliphatic rings. The van der Waals surface area contributed by atoms with Crippen LogP contribution >= 0.6 is 11.6 Å². The summed E-state index contributed by atoms with van der Waals surface area (Å²) in [6, 6.07) is 3.45. The summed E-state index contributed by atoms with van der Waals surface area (Å²) in [5.74, 6) is 0.638. The number of phenols is 1. The second kappa shape index (κ2) is 4.98. The summed E-state index contributed by atoms with van der Waals surface area (Å²) in [6.45, 7) is 6.23. The van der Waals surface area contributed by atoms with E-state index in [0.717, 1.165) is 12.1 Å². The molecule has 0 atom stereocenters. The predicted octanol–water partition coefficient (Wildman–Crippen LogP) is 3.43. The molecule has 0 aromatic heterocycles. The molecule has 0 amide bonds. The van der Waals surface area contributed by atoms with Gasteiger partial charge in [0.25, 0.3) is 0 Å². The number of hydrogen-bond acceptors (Lipinski definition) is 3. The number of likely N-dealkylation sites (tertiary alicyclic amines) is 1. The van der Waals surface area contributed by atoms with Crippen molar-refractivity contribution in [2.24, 2.45) is 0 Å². The van der Waals surface area contributed by atoms with Crippen LogP contribution in [0.4, 0.5) is 0 Å². The van der Waals surface area contributed by atoms with Crippen LogP contribution in [0.1, 0.15) is 32.3 Å². The molecule has 1 aromatic carbocycles. The minimum absolute atomic E-state index is 0.183. The number of benzene rings is 1. The smallest absolute Gasteiger partial charge is 0.162 e. The second-order valence-corrected chi connectivity index (χ2v) is 5.89. The number of ether oxygens (including phenoxy) is 1. The molecule has 0 saturated carbocycles. The Bertz CT molecular complexity index is 446. The van der Waals surface area contributed by atoms with Crippen molar-refractivity contribution in [3.05, 3.63) is 22.7 Å². The van der Waals surface area contributed by atoms with Crippen molar-refractivity contribution in [1.29, 1.82) is 0 Å². The van der Waals surface area contributed by atoms with Gasteiger partial charge in [-0.2, -0.15) is 0 Å². The van der Waals surface area contributed by atoms with Gasteiger partial charge in [-0.3, -0.25) is 4.90 Å². The van der Waals surface area contributed by atoms with Crippen LogP contribution in [0.15, 0.2) is 12.1 Å². The fourth-order valence-electron chi connectivity index (χ4n) is 2.57. The zero-order valence-electron chi connectivity index (χ0n) is 11.2. The largest absolute Gasteiger partial charge is 0.504 e. The quantitative estimate of drug-likeness (QED) is 0.913. The molecule has 3 nitrogen and oxygen atoms in total. The molecule has 1 saturated heterocycles. The first-order chi connectivity index (χ1) is 8.44. The topological polar surface area (TPSA) is 32.7 Å². The van der Waals surface area contributed by atoms with Gasteiger partial charge in [0.2, 0.25) is 0 Å². The highest BCUT2D eigenvalue weighted by molar-refractivity contribution is 6.30. The van der Waals surface area contributed by atoms with Crippen LogP contribution in [0.5, 0.6) is 11.5 Å². The van der Waals surface area contributed by atoms with Crippen LogP contribution in [0.2, 0.25) is 5.02 Å². The number of hydrogen-bond donors (Lipinski definition) is 1. The van der Waals surface area contributed by atoms with E-state index in [1.54, 1.807) is 6.07 Å². The number of aromatic hydroxyl groups is 1. The molecule has 1 aromatic rings. The van der Waals surface area contributed by atoms with Crippen LogP contribution < -0.4 is 4.74 Å². The molecule has 18 heavy (non-hydrogen) atoms. The lowest BCUT2D eigenvalue weighted by atomic mass is 10.0. The van der Waals surface area contributed by atoms with Crippen LogP contribution in [0.3, 0.4) is 0 Å². The first-order valence-electron chi connectivity index (χ1n) is 6.24. The molecule has 2 rings (SSSR count). The molecular formula is C14H20ClNO2. The van der Waals surface area contributed by atoms with Gasteiger partial charge in [0.15, 0.2) is 11.5 Å². The monoisotopic (exact) mass is 269 g/mol. The highest BCUT2D eigenvalue weighted by Gasteiger charge is 2.32. The highest BCUT2D eigenvalue weighted by atomic mass is 35.5. The molecule has 0 radical (unpaired) electrons. The first-order valence-corrected chi connectivity index (χ1v) is 6.62. The number of nitrogens with zero attached hydrogens (tertiary/aromatic N) is 1. The Morgan fingerprint density at radius 3 is 2.72 bits per heavy atom. The van der Waals surface area contributed by atoms with E-state index >= 15 is 0 Å². The molecule has 100 valence electrons. The van der Waals surface area contributed by atoms with Crippen molar-refractivity contribution in [3.8, 4) is 11.5 Å². The minimum atomic E-state index is 0.183. The Labute approximate surface area is 113 Å². The van der Waals surface area contributed by atoms with Crippen molar-refractivity contribution < 1.29 is 9.84 Å². The van der Waals surface area contributed by atoms with E-state index in [2.05, 4.69) is 18.7 Å². The van der Waals surface area contributed by atoms with Crippen molar-refractivity contribution in [2.75, 3.05) is 13.7 Å². The van der Waals surface area contributed by atoms with E-state index < -0.39 is 0 Å². The summed E-state index contributed by atoms with van der Waals surface area (Å²) >= 11 is 6.05. The van der Waals surface area contributed by atoms with E-state index in [0.29, 0.717) is 17.3 Å². The van der Waals surface area contributed by atoms with Gasteiger partial charge < -0.3 is 9.84 Å². The zero-order chi connectivity index (χ0) is 13.3. The zero-order valence-corrected chi connectivity index (χ0v) is 11.9. The third kappa shape index (κ3) is 2.57. The summed E-state index contributed by atoms with van der Waals surface area (Å²) < 4.78 is 5.13. The van der Waals surface area contributed by atoms with Gasteiger partial charge >= 0.3 is 0 Å². The maximum atomic E-state index is 10.1. The number of phenolic OH excluding ortho intramolecular Hbond substituents is 1. The lowest BCUT2D eigenvalue weighted by Gasteiger charge is -2.31. The summed E-state index contributed by atoms with van der Waals surface area (Å²) in [7, 11) is 1.54. The maximum Gasteiger partial charge on any atom is 0.162 e. The van der Waals surface area contributed by atoms with Gasteiger partial charge in [-0.05, 0) is 39.3 Å². The Hall–Kier alpha value is -0.930. The number of halogens is 1. The summed E-state index contributed by atoms with van der Waals surface area (Å²) in [6.07, 6.45) is 2.39. The standard InChI is InChI=1S/C14H20ClNO2/c1-14(2)5-4-6-16(14)9-10-7-11(15)8-12(18-3)13(10)17/h7-8,17H,4-6,9H2,1-3H3. The van der Waals surface area contributed by atoms with E-state index in [1.165, 1.54) is 20.0 Å². The van der Waals surface area contributed by atoms with Crippen molar-refractivity contribution in [3.63, 3.8) is 0 Å². The number of rotatable bonds is 3. The molecule has 1 aliphatic heterocycles. The Morgan fingerprint density at radius 2 is 2.17 bits per heavy atom. The van der Waals surface area contributed by atoms with Gasteiger partial charge in [0.05, 0.1) is 7.11 Å². The predicted molar refractivity (Wildman–Crippen MR) is 73.4 cm³/mol. The average molecular weight is 270 g/mol. The third-order valence-corrected chi connectivity index (χ3v) is 3.99. The maximum absolute atomic E-state index is 10.1. The molecular weight excluding hydrogens is 250 g/mol. The molecule has 1 N–H and O–H groups in total. The minimum Gasteiger partial charge on any atom is -0.504 e. The normalized spacial score (nSPS) is 19.1. The third-order valence-electron chi connectivity index (χ3n) is 3.77. The summed E-state index contributed by atoms with van der Waals surface area (Å²) in [4.78, 5) is 2.37. The average Bonchev–Trinajstić information content (AvgIpc) is 2.63. The van der Waals surface area contributed by atoms with E-state index in [4.69, 9.17) is 16.3 Å². The first kappa shape index (κ1) is 13.5. The fraction of sp³-hybridized carbons (Fsp3) is 0.571. The van der Waals surface area contributed by atoms with Crippen molar-refractivity contribution in [1.82, 2.24) is 4.90 Å². The molecule has 0 bridgehead atoms. The highest BCUT2D eigenvalue weighted by Crippen LogP contribution is 2.37. The lowest BCUT2D eigenvalue weighted by Crippen LogP contribution is -2.37. The summed E-state index contributed by atoms with van der Waals surface area (Å²) in [5.41, 5.74) is 1.01.